The Hall–Kier alpha value is -0.570. The normalized spacial score (nSPS) is 28.7. The van der Waals surface area contributed by atoms with E-state index in [-0.39, 0.29) is 5.91 Å². The first-order chi connectivity index (χ1) is 6.18. The molecule has 13 heavy (non-hydrogen) atoms. The average Bonchev–Trinajstić information content (AvgIpc) is 2.03. The van der Waals surface area contributed by atoms with Gasteiger partial charge in [-0.2, -0.15) is 0 Å². The smallest absolute Gasteiger partial charge is 0.218 e. The molecular formula is C10H20N2O. The Labute approximate surface area is 80.1 Å². The Morgan fingerprint density at radius 1 is 1.54 bits per heavy atom. The summed E-state index contributed by atoms with van der Waals surface area (Å²) in [4.78, 5) is 10.5. The average molecular weight is 184 g/mol. The number of hydrogen-bond donors (Lipinski definition) is 2. The van der Waals surface area contributed by atoms with E-state index in [0.717, 1.165) is 12.5 Å². The number of carbonyl (C=O) groups is 1. The van der Waals surface area contributed by atoms with Crippen molar-refractivity contribution in [3.63, 3.8) is 0 Å². The van der Waals surface area contributed by atoms with Crippen LogP contribution in [0.1, 0.15) is 39.0 Å². The molecule has 1 amide bonds. The van der Waals surface area contributed by atoms with Crippen molar-refractivity contribution in [2.75, 3.05) is 6.54 Å². The molecular weight excluding hydrogens is 164 g/mol. The van der Waals surface area contributed by atoms with Gasteiger partial charge >= 0.3 is 0 Å². The van der Waals surface area contributed by atoms with Crippen LogP contribution >= 0.6 is 0 Å². The van der Waals surface area contributed by atoms with Crippen LogP contribution in [0.2, 0.25) is 0 Å². The third-order valence-corrected chi connectivity index (χ3v) is 2.74. The highest BCUT2D eigenvalue weighted by molar-refractivity contribution is 5.73. The van der Waals surface area contributed by atoms with Crippen LogP contribution in [0.3, 0.4) is 0 Å². The summed E-state index contributed by atoms with van der Waals surface area (Å²) >= 11 is 0. The number of primary amides is 1. The molecule has 1 fully saturated rings. The van der Waals surface area contributed by atoms with Crippen molar-refractivity contribution in [1.29, 1.82) is 0 Å². The minimum atomic E-state index is -0.212. The quantitative estimate of drug-likeness (QED) is 0.685. The zero-order chi connectivity index (χ0) is 9.68. The minimum Gasteiger partial charge on any atom is -0.370 e. The highest BCUT2D eigenvalue weighted by atomic mass is 16.1. The lowest BCUT2D eigenvalue weighted by Gasteiger charge is -2.27. The fourth-order valence-electron chi connectivity index (χ4n) is 2.02. The highest BCUT2D eigenvalue weighted by Gasteiger charge is 2.17. The van der Waals surface area contributed by atoms with Crippen LogP contribution in [0.25, 0.3) is 0 Å². The maximum atomic E-state index is 10.5. The molecule has 0 aromatic heterocycles. The molecule has 1 saturated carbocycles. The van der Waals surface area contributed by atoms with E-state index in [9.17, 15) is 4.79 Å². The molecule has 0 heterocycles. The van der Waals surface area contributed by atoms with E-state index >= 15 is 0 Å². The van der Waals surface area contributed by atoms with Gasteiger partial charge in [0, 0.05) is 19.0 Å². The second-order valence-corrected chi connectivity index (χ2v) is 4.14. The lowest BCUT2D eigenvalue weighted by molar-refractivity contribution is -0.117. The van der Waals surface area contributed by atoms with Gasteiger partial charge in [0.1, 0.15) is 0 Å². The molecule has 2 unspecified atom stereocenters. The Morgan fingerprint density at radius 2 is 2.31 bits per heavy atom. The lowest BCUT2D eigenvalue weighted by Crippen LogP contribution is -2.35. The molecule has 3 N–H and O–H groups in total. The Bertz CT molecular complexity index is 170. The van der Waals surface area contributed by atoms with Crippen LogP contribution in [-0.2, 0) is 4.79 Å². The summed E-state index contributed by atoms with van der Waals surface area (Å²) < 4.78 is 0. The number of amides is 1. The second kappa shape index (κ2) is 5.22. The SMILES string of the molecule is CC1CCCC(NCCC(N)=O)C1. The summed E-state index contributed by atoms with van der Waals surface area (Å²) in [6, 6.07) is 0.614. The van der Waals surface area contributed by atoms with Gasteiger partial charge in [0.15, 0.2) is 0 Å². The summed E-state index contributed by atoms with van der Waals surface area (Å²) in [5, 5.41) is 3.38. The molecule has 3 heteroatoms. The van der Waals surface area contributed by atoms with E-state index in [1.165, 1.54) is 25.7 Å². The van der Waals surface area contributed by atoms with Gasteiger partial charge in [-0.15, -0.1) is 0 Å². The van der Waals surface area contributed by atoms with E-state index < -0.39 is 0 Å². The van der Waals surface area contributed by atoms with Gasteiger partial charge < -0.3 is 11.1 Å². The molecule has 1 aliphatic carbocycles. The minimum absolute atomic E-state index is 0.212. The van der Waals surface area contributed by atoms with Crippen LogP contribution in [0.15, 0.2) is 0 Å². The predicted molar refractivity (Wildman–Crippen MR) is 53.2 cm³/mol. The molecule has 0 aliphatic heterocycles. The summed E-state index contributed by atoms with van der Waals surface area (Å²) in [6.07, 6.45) is 5.64. The van der Waals surface area contributed by atoms with Crippen LogP contribution in [-0.4, -0.2) is 18.5 Å². The molecule has 76 valence electrons. The number of carbonyl (C=O) groups excluding carboxylic acids is 1. The van der Waals surface area contributed by atoms with Gasteiger partial charge in [0.2, 0.25) is 5.91 Å². The van der Waals surface area contributed by atoms with E-state index in [4.69, 9.17) is 5.73 Å². The van der Waals surface area contributed by atoms with Crippen LogP contribution in [0.5, 0.6) is 0 Å². The van der Waals surface area contributed by atoms with E-state index in [1.54, 1.807) is 0 Å². The van der Waals surface area contributed by atoms with Crippen molar-refractivity contribution in [1.82, 2.24) is 5.32 Å². The van der Waals surface area contributed by atoms with Gasteiger partial charge in [-0.3, -0.25) is 4.79 Å². The number of nitrogens with one attached hydrogen (secondary N) is 1. The molecule has 0 spiro atoms. The molecule has 0 radical (unpaired) electrons. The number of rotatable bonds is 4. The molecule has 0 aromatic carbocycles. The second-order valence-electron chi connectivity index (χ2n) is 4.14. The van der Waals surface area contributed by atoms with Gasteiger partial charge in [-0.1, -0.05) is 19.8 Å². The zero-order valence-corrected chi connectivity index (χ0v) is 8.38. The van der Waals surface area contributed by atoms with Crippen molar-refractivity contribution < 1.29 is 4.79 Å². The monoisotopic (exact) mass is 184 g/mol. The molecule has 1 aliphatic rings. The number of nitrogens with two attached hydrogens (primary N) is 1. The van der Waals surface area contributed by atoms with Gasteiger partial charge in [0.05, 0.1) is 0 Å². The molecule has 0 aromatic rings. The Morgan fingerprint density at radius 3 is 2.92 bits per heavy atom. The summed E-state index contributed by atoms with van der Waals surface area (Å²) in [6.45, 7) is 3.04. The van der Waals surface area contributed by atoms with E-state index in [0.29, 0.717) is 12.5 Å². The standard InChI is InChI=1S/C10H20N2O/c1-8-3-2-4-9(7-8)12-6-5-10(11)13/h8-9,12H,2-7H2,1H3,(H2,11,13). The largest absolute Gasteiger partial charge is 0.370 e. The third-order valence-electron chi connectivity index (χ3n) is 2.74. The van der Waals surface area contributed by atoms with Crippen molar-refractivity contribution in [2.24, 2.45) is 11.7 Å². The lowest BCUT2D eigenvalue weighted by atomic mass is 9.87. The molecule has 1 rings (SSSR count). The molecule has 0 saturated heterocycles. The first-order valence-electron chi connectivity index (χ1n) is 5.20. The predicted octanol–water partition coefficient (Wildman–Crippen LogP) is 1.03. The molecule has 0 bridgehead atoms. The van der Waals surface area contributed by atoms with Crippen molar-refractivity contribution in [3.8, 4) is 0 Å². The van der Waals surface area contributed by atoms with Crippen molar-refractivity contribution in [3.05, 3.63) is 0 Å². The highest BCUT2D eigenvalue weighted by Crippen LogP contribution is 2.23. The van der Waals surface area contributed by atoms with E-state index in [2.05, 4.69) is 12.2 Å². The van der Waals surface area contributed by atoms with Crippen LogP contribution in [0, 0.1) is 5.92 Å². The molecule has 2 atom stereocenters. The van der Waals surface area contributed by atoms with Gasteiger partial charge in [0.25, 0.3) is 0 Å². The summed E-state index contributed by atoms with van der Waals surface area (Å²) in [5.74, 6) is 0.621. The maximum absolute atomic E-state index is 10.5. The van der Waals surface area contributed by atoms with Crippen molar-refractivity contribution in [2.45, 2.75) is 45.1 Å². The van der Waals surface area contributed by atoms with Crippen LogP contribution in [0.4, 0.5) is 0 Å². The zero-order valence-electron chi connectivity index (χ0n) is 8.38. The van der Waals surface area contributed by atoms with Crippen molar-refractivity contribution >= 4 is 5.91 Å². The summed E-state index contributed by atoms with van der Waals surface area (Å²) in [5.41, 5.74) is 5.06. The third kappa shape index (κ3) is 4.27. The van der Waals surface area contributed by atoms with Gasteiger partial charge in [-0.25, -0.2) is 0 Å². The summed E-state index contributed by atoms with van der Waals surface area (Å²) in [7, 11) is 0. The molecule has 3 nitrogen and oxygen atoms in total. The Balaban J connectivity index is 2.10. The van der Waals surface area contributed by atoms with Crippen LogP contribution < -0.4 is 11.1 Å². The fraction of sp³-hybridized carbons (Fsp3) is 0.900. The first kappa shape index (κ1) is 10.5. The Kier molecular flexibility index (Phi) is 4.22. The first-order valence-corrected chi connectivity index (χ1v) is 5.20. The van der Waals surface area contributed by atoms with Gasteiger partial charge in [-0.05, 0) is 18.8 Å². The fourth-order valence-corrected chi connectivity index (χ4v) is 2.02. The topological polar surface area (TPSA) is 55.1 Å². The maximum Gasteiger partial charge on any atom is 0.218 e. The van der Waals surface area contributed by atoms with E-state index in [1.807, 2.05) is 0 Å². The number of hydrogen-bond acceptors (Lipinski definition) is 2.